The number of hydrogen-bond acceptors (Lipinski definition) is 3. The number of benzene rings is 4. The van der Waals surface area contributed by atoms with Gasteiger partial charge in [-0.1, -0.05) is 72.8 Å². The van der Waals surface area contributed by atoms with Gasteiger partial charge < -0.3 is 10.4 Å². The molecule has 1 aliphatic rings. The van der Waals surface area contributed by atoms with E-state index in [1.165, 1.54) is 36.4 Å². The van der Waals surface area contributed by atoms with E-state index in [0.29, 0.717) is 24.0 Å². The Morgan fingerprint density at radius 2 is 1.27 bits per heavy atom. The zero-order chi connectivity index (χ0) is 26.0. The molecule has 0 aromatic heterocycles. The van der Waals surface area contributed by atoms with Crippen LogP contribution in [0.25, 0.3) is 11.1 Å². The first-order chi connectivity index (χ1) is 17.9. The molecule has 6 heteroatoms. The van der Waals surface area contributed by atoms with Crippen molar-refractivity contribution in [3.05, 3.63) is 131 Å². The molecule has 3 atom stereocenters. The Kier molecular flexibility index (Phi) is 6.68. The van der Waals surface area contributed by atoms with E-state index < -0.39 is 17.6 Å². The number of carbonyl (C=O) groups is 2. The fourth-order valence-electron chi connectivity index (χ4n) is 5.12. The van der Waals surface area contributed by atoms with Crippen molar-refractivity contribution in [2.45, 2.75) is 24.5 Å². The Hall–Kier alpha value is -4.16. The Bertz CT molecular complexity index is 1400. The third-order valence-corrected chi connectivity index (χ3v) is 7.16. The molecule has 0 saturated carbocycles. The SMILES string of the molecule is O=Cc1ccc(-c2ccc([C@@]3(c4ccc(F)cc4)NC(=O)[C@@H]3CC[C@H](O)c3ccc(F)cc3)cc2)cc1. The van der Waals surface area contributed by atoms with E-state index in [4.69, 9.17) is 0 Å². The number of aliphatic hydroxyl groups excluding tert-OH is 1. The van der Waals surface area contributed by atoms with Gasteiger partial charge in [-0.05, 0) is 64.9 Å². The Morgan fingerprint density at radius 3 is 1.78 bits per heavy atom. The zero-order valence-electron chi connectivity index (χ0n) is 19.9. The molecule has 0 bridgehead atoms. The molecule has 1 amide bonds. The van der Waals surface area contributed by atoms with E-state index in [0.717, 1.165) is 28.5 Å². The molecule has 4 nitrogen and oxygen atoms in total. The number of halogens is 2. The quantitative estimate of drug-likeness (QED) is 0.234. The van der Waals surface area contributed by atoms with E-state index in [1.54, 1.807) is 24.3 Å². The summed E-state index contributed by atoms with van der Waals surface area (Å²) in [7, 11) is 0. The van der Waals surface area contributed by atoms with Crippen LogP contribution in [0.3, 0.4) is 0 Å². The minimum Gasteiger partial charge on any atom is -0.388 e. The van der Waals surface area contributed by atoms with Crippen LogP contribution in [0.2, 0.25) is 0 Å². The molecule has 4 aromatic carbocycles. The van der Waals surface area contributed by atoms with Gasteiger partial charge in [-0.2, -0.15) is 0 Å². The van der Waals surface area contributed by atoms with Crippen molar-refractivity contribution >= 4 is 12.2 Å². The minimum absolute atomic E-state index is 0.149. The number of amides is 1. The summed E-state index contributed by atoms with van der Waals surface area (Å²) in [5.41, 5.74) is 3.78. The van der Waals surface area contributed by atoms with Crippen molar-refractivity contribution in [2.24, 2.45) is 5.92 Å². The highest BCUT2D eigenvalue weighted by Gasteiger charge is 2.55. The van der Waals surface area contributed by atoms with Crippen LogP contribution in [0.4, 0.5) is 8.78 Å². The molecule has 0 aliphatic carbocycles. The van der Waals surface area contributed by atoms with Crippen LogP contribution in [-0.2, 0) is 10.3 Å². The van der Waals surface area contributed by atoms with Gasteiger partial charge in [0.05, 0.1) is 12.0 Å². The first-order valence-corrected chi connectivity index (χ1v) is 12.1. The maximum Gasteiger partial charge on any atom is 0.227 e. The summed E-state index contributed by atoms with van der Waals surface area (Å²) in [6.45, 7) is 0. The predicted octanol–water partition coefficient (Wildman–Crippen LogP) is 5.95. The van der Waals surface area contributed by atoms with Crippen LogP contribution in [0.5, 0.6) is 0 Å². The summed E-state index contributed by atoms with van der Waals surface area (Å²) in [6.07, 6.45) is 0.618. The average Bonchev–Trinajstić information content (AvgIpc) is 2.92. The van der Waals surface area contributed by atoms with Crippen molar-refractivity contribution in [1.29, 1.82) is 0 Å². The van der Waals surface area contributed by atoms with Crippen LogP contribution in [0, 0.1) is 17.6 Å². The lowest BCUT2D eigenvalue weighted by atomic mass is 9.64. The number of β-lactam (4-membered cyclic amide) rings is 1. The van der Waals surface area contributed by atoms with Gasteiger partial charge in [0.15, 0.2) is 0 Å². The second kappa shape index (κ2) is 10.1. The van der Waals surface area contributed by atoms with Gasteiger partial charge in [-0.15, -0.1) is 0 Å². The number of rotatable bonds is 8. The van der Waals surface area contributed by atoms with Crippen molar-refractivity contribution in [1.82, 2.24) is 5.32 Å². The standard InChI is InChI=1S/C31H25F2NO3/c32-26-13-7-23(8-14-26)29(36)18-17-28-30(37)34-31(28,25-11-15-27(33)16-12-25)24-9-5-22(6-10-24)21-3-1-20(19-35)2-4-21/h1-16,19,28-29,36H,17-18H2,(H,34,37)/t28-,29-,31-/m0/s1. The van der Waals surface area contributed by atoms with E-state index >= 15 is 0 Å². The first-order valence-electron chi connectivity index (χ1n) is 12.1. The van der Waals surface area contributed by atoms with E-state index in [9.17, 15) is 23.5 Å². The Morgan fingerprint density at radius 1 is 0.784 bits per heavy atom. The highest BCUT2D eigenvalue weighted by molar-refractivity contribution is 5.90. The van der Waals surface area contributed by atoms with E-state index in [1.807, 2.05) is 36.4 Å². The summed E-state index contributed by atoms with van der Waals surface area (Å²) >= 11 is 0. The van der Waals surface area contributed by atoms with Crippen LogP contribution >= 0.6 is 0 Å². The minimum atomic E-state index is -0.882. The van der Waals surface area contributed by atoms with Crippen molar-refractivity contribution < 1.29 is 23.5 Å². The second-order valence-corrected chi connectivity index (χ2v) is 9.32. The predicted molar refractivity (Wildman–Crippen MR) is 137 cm³/mol. The topological polar surface area (TPSA) is 66.4 Å². The number of aldehydes is 1. The molecule has 37 heavy (non-hydrogen) atoms. The summed E-state index contributed by atoms with van der Waals surface area (Å²) in [5, 5.41) is 13.8. The third-order valence-electron chi connectivity index (χ3n) is 7.16. The molecule has 1 fully saturated rings. The van der Waals surface area contributed by atoms with Gasteiger partial charge >= 0.3 is 0 Å². The number of carbonyl (C=O) groups excluding carboxylic acids is 2. The largest absolute Gasteiger partial charge is 0.388 e. The second-order valence-electron chi connectivity index (χ2n) is 9.32. The van der Waals surface area contributed by atoms with Crippen molar-refractivity contribution in [2.75, 3.05) is 0 Å². The van der Waals surface area contributed by atoms with Crippen molar-refractivity contribution in [3.63, 3.8) is 0 Å². The van der Waals surface area contributed by atoms with Crippen LogP contribution in [0.1, 0.15) is 46.0 Å². The normalized spacial score (nSPS) is 19.5. The fourth-order valence-corrected chi connectivity index (χ4v) is 5.12. The molecule has 1 heterocycles. The Labute approximate surface area is 213 Å². The summed E-state index contributed by atoms with van der Waals surface area (Å²) in [6, 6.07) is 26.8. The van der Waals surface area contributed by atoms with Gasteiger partial charge in [0, 0.05) is 5.56 Å². The van der Waals surface area contributed by atoms with E-state index in [2.05, 4.69) is 5.32 Å². The van der Waals surface area contributed by atoms with E-state index in [-0.39, 0.29) is 17.5 Å². The van der Waals surface area contributed by atoms with Gasteiger partial charge in [0.25, 0.3) is 0 Å². The maximum absolute atomic E-state index is 13.8. The maximum atomic E-state index is 13.8. The molecule has 186 valence electrons. The third kappa shape index (κ3) is 4.68. The zero-order valence-corrected chi connectivity index (χ0v) is 19.9. The monoisotopic (exact) mass is 497 g/mol. The lowest BCUT2D eigenvalue weighted by Gasteiger charge is -2.50. The molecule has 0 radical (unpaired) electrons. The smallest absolute Gasteiger partial charge is 0.227 e. The first kappa shape index (κ1) is 24.5. The number of hydrogen-bond donors (Lipinski definition) is 2. The van der Waals surface area contributed by atoms with Crippen molar-refractivity contribution in [3.8, 4) is 11.1 Å². The van der Waals surface area contributed by atoms with Gasteiger partial charge in [-0.25, -0.2) is 8.78 Å². The lowest BCUT2D eigenvalue weighted by molar-refractivity contribution is -0.140. The molecular weight excluding hydrogens is 472 g/mol. The number of nitrogens with one attached hydrogen (secondary N) is 1. The summed E-state index contributed by atoms with van der Waals surface area (Å²) < 4.78 is 27.0. The highest BCUT2D eigenvalue weighted by Crippen LogP contribution is 2.47. The molecule has 5 rings (SSSR count). The summed E-state index contributed by atoms with van der Waals surface area (Å²) in [5.74, 6) is -1.40. The Balaban J connectivity index is 1.45. The van der Waals surface area contributed by atoms with Crippen LogP contribution < -0.4 is 5.32 Å². The molecule has 2 N–H and O–H groups in total. The lowest BCUT2D eigenvalue weighted by Crippen LogP contribution is -2.67. The molecule has 1 saturated heterocycles. The average molecular weight is 498 g/mol. The fraction of sp³-hybridized carbons (Fsp3) is 0.161. The highest BCUT2D eigenvalue weighted by atomic mass is 19.1. The molecule has 0 spiro atoms. The van der Waals surface area contributed by atoms with Crippen LogP contribution in [-0.4, -0.2) is 17.3 Å². The molecule has 1 aliphatic heterocycles. The molecule has 4 aromatic rings. The van der Waals surface area contributed by atoms with Gasteiger partial charge in [0.1, 0.15) is 23.5 Å². The van der Waals surface area contributed by atoms with Gasteiger partial charge in [0.2, 0.25) is 5.91 Å². The summed E-state index contributed by atoms with van der Waals surface area (Å²) in [4.78, 5) is 23.8. The van der Waals surface area contributed by atoms with Crippen LogP contribution in [0.15, 0.2) is 97.1 Å². The van der Waals surface area contributed by atoms with Gasteiger partial charge in [-0.3, -0.25) is 9.59 Å². The number of aliphatic hydroxyl groups is 1. The molecular formula is C31H25F2NO3. The molecule has 0 unspecified atom stereocenters.